The number of carbonyl (C=O) groups is 1. The smallest absolute Gasteiger partial charge is 0.328 e. The second-order valence-electron chi connectivity index (χ2n) is 3.42. The summed E-state index contributed by atoms with van der Waals surface area (Å²) in [4.78, 5) is 14.9. The summed E-state index contributed by atoms with van der Waals surface area (Å²) in [6.45, 7) is 0. The molecule has 82 valence electrons. The van der Waals surface area contributed by atoms with Gasteiger partial charge in [-0.25, -0.2) is 14.5 Å². The van der Waals surface area contributed by atoms with Gasteiger partial charge in [0.1, 0.15) is 12.7 Å². The van der Waals surface area contributed by atoms with Gasteiger partial charge in [-0.3, -0.25) is 0 Å². The molecule has 1 atom stereocenters. The van der Waals surface area contributed by atoms with Crippen molar-refractivity contribution in [1.29, 1.82) is 0 Å². The van der Waals surface area contributed by atoms with Crippen molar-refractivity contribution in [3.8, 4) is 0 Å². The zero-order chi connectivity index (χ0) is 11.4. The number of hydrogen-bond acceptors (Lipinski definition) is 3. The molecular weight excluding hydrogens is 206 g/mol. The van der Waals surface area contributed by atoms with Gasteiger partial charge in [-0.2, -0.15) is 5.10 Å². The third kappa shape index (κ3) is 2.25. The van der Waals surface area contributed by atoms with Gasteiger partial charge in [0, 0.05) is 6.42 Å². The molecule has 0 unspecified atom stereocenters. The van der Waals surface area contributed by atoms with Crippen molar-refractivity contribution in [2.24, 2.45) is 0 Å². The molecule has 0 aliphatic heterocycles. The van der Waals surface area contributed by atoms with Crippen molar-refractivity contribution in [2.45, 2.75) is 12.5 Å². The Morgan fingerprint density at radius 1 is 1.38 bits per heavy atom. The SMILES string of the molecule is O=C(O)[C@@H](Cc1ccccc1)n1cncn1. The summed E-state index contributed by atoms with van der Waals surface area (Å²) in [5.74, 6) is -0.908. The zero-order valence-electron chi connectivity index (χ0n) is 8.52. The minimum Gasteiger partial charge on any atom is -0.480 e. The summed E-state index contributed by atoms with van der Waals surface area (Å²) in [6.07, 6.45) is 3.15. The van der Waals surface area contributed by atoms with Gasteiger partial charge in [0.2, 0.25) is 0 Å². The van der Waals surface area contributed by atoms with E-state index in [1.807, 2.05) is 30.3 Å². The minimum absolute atomic E-state index is 0.402. The lowest BCUT2D eigenvalue weighted by Gasteiger charge is -2.11. The molecule has 5 heteroatoms. The number of aliphatic carboxylic acids is 1. The molecule has 0 saturated carbocycles. The van der Waals surface area contributed by atoms with E-state index in [2.05, 4.69) is 10.1 Å². The van der Waals surface area contributed by atoms with Crippen molar-refractivity contribution in [3.63, 3.8) is 0 Å². The number of aromatic nitrogens is 3. The van der Waals surface area contributed by atoms with E-state index in [4.69, 9.17) is 5.11 Å². The molecule has 0 radical (unpaired) electrons. The molecule has 5 nitrogen and oxygen atoms in total. The molecule has 0 bridgehead atoms. The quantitative estimate of drug-likeness (QED) is 0.834. The lowest BCUT2D eigenvalue weighted by atomic mass is 10.1. The van der Waals surface area contributed by atoms with Gasteiger partial charge in [-0.15, -0.1) is 0 Å². The minimum atomic E-state index is -0.908. The van der Waals surface area contributed by atoms with Crippen LogP contribution in [0, 0.1) is 0 Å². The Bertz CT molecular complexity index is 453. The third-order valence-electron chi connectivity index (χ3n) is 2.31. The lowest BCUT2D eigenvalue weighted by molar-refractivity contribution is -0.141. The predicted molar refractivity (Wildman–Crippen MR) is 56.8 cm³/mol. The van der Waals surface area contributed by atoms with E-state index in [1.165, 1.54) is 17.3 Å². The average Bonchev–Trinajstić information content (AvgIpc) is 2.80. The van der Waals surface area contributed by atoms with E-state index in [1.54, 1.807) is 0 Å². The van der Waals surface area contributed by atoms with Crippen LogP contribution in [-0.2, 0) is 11.2 Å². The fourth-order valence-corrected chi connectivity index (χ4v) is 1.51. The molecule has 0 aliphatic carbocycles. The fourth-order valence-electron chi connectivity index (χ4n) is 1.51. The number of benzene rings is 1. The first-order chi connectivity index (χ1) is 7.77. The Morgan fingerprint density at radius 3 is 2.69 bits per heavy atom. The lowest BCUT2D eigenvalue weighted by Crippen LogP contribution is -2.21. The van der Waals surface area contributed by atoms with Crippen LogP contribution in [0.2, 0.25) is 0 Å². The molecule has 0 aliphatic rings. The standard InChI is InChI=1S/C11H11N3O2/c15-11(16)10(14-8-12-7-13-14)6-9-4-2-1-3-5-9/h1-5,7-8,10H,6H2,(H,15,16)/t10-/m1/s1. The number of nitrogens with zero attached hydrogens (tertiary/aromatic N) is 3. The van der Waals surface area contributed by atoms with E-state index in [0.717, 1.165) is 5.56 Å². The number of rotatable bonds is 4. The van der Waals surface area contributed by atoms with Gasteiger partial charge in [0.05, 0.1) is 0 Å². The molecule has 0 amide bonds. The number of hydrogen-bond donors (Lipinski definition) is 1. The van der Waals surface area contributed by atoms with E-state index in [0.29, 0.717) is 6.42 Å². The maximum Gasteiger partial charge on any atom is 0.328 e. The van der Waals surface area contributed by atoms with Gasteiger partial charge >= 0.3 is 5.97 Å². The molecule has 2 rings (SSSR count). The van der Waals surface area contributed by atoms with Crippen LogP contribution in [0.5, 0.6) is 0 Å². The largest absolute Gasteiger partial charge is 0.480 e. The molecule has 16 heavy (non-hydrogen) atoms. The Morgan fingerprint density at radius 2 is 2.12 bits per heavy atom. The molecule has 1 aromatic heterocycles. The monoisotopic (exact) mass is 217 g/mol. The van der Waals surface area contributed by atoms with Crippen LogP contribution in [0.15, 0.2) is 43.0 Å². The summed E-state index contributed by atoms with van der Waals surface area (Å²) in [6, 6.07) is 8.75. The maximum absolute atomic E-state index is 11.1. The van der Waals surface area contributed by atoms with Crippen LogP contribution in [0.25, 0.3) is 0 Å². The normalized spacial score (nSPS) is 12.2. The van der Waals surface area contributed by atoms with Gasteiger partial charge in [0.15, 0.2) is 6.04 Å². The second-order valence-corrected chi connectivity index (χ2v) is 3.42. The molecule has 2 aromatic rings. The highest BCUT2D eigenvalue weighted by Crippen LogP contribution is 2.12. The van der Waals surface area contributed by atoms with Gasteiger partial charge in [-0.05, 0) is 5.56 Å². The van der Waals surface area contributed by atoms with Crippen LogP contribution in [0.4, 0.5) is 0 Å². The van der Waals surface area contributed by atoms with E-state index in [9.17, 15) is 4.79 Å². The highest BCUT2D eigenvalue weighted by Gasteiger charge is 2.20. The summed E-state index contributed by atoms with van der Waals surface area (Å²) in [5, 5.41) is 13.0. The summed E-state index contributed by atoms with van der Waals surface area (Å²) in [5.41, 5.74) is 0.963. The molecule has 1 heterocycles. The zero-order valence-corrected chi connectivity index (χ0v) is 8.52. The van der Waals surface area contributed by atoms with Crippen molar-refractivity contribution in [1.82, 2.24) is 14.8 Å². The second kappa shape index (κ2) is 4.57. The van der Waals surface area contributed by atoms with E-state index >= 15 is 0 Å². The summed E-state index contributed by atoms with van der Waals surface area (Å²) >= 11 is 0. The molecule has 0 saturated heterocycles. The Hall–Kier alpha value is -2.17. The maximum atomic E-state index is 11.1. The molecule has 1 N–H and O–H groups in total. The van der Waals surface area contributed by atoms with Crippen LogP contribution >= 0.6 is 0 Å². The van der Waals surface area contributed by atoms with Crippen LogP contribution < -0.4 is 0 Å². The van der Waals surface area contributed by atoms with E-state index in [-0.39, 0.29) is 0 Å². The van der Waals surface area contributed by atoms with Crippen molar-refractivity contribution < 1.29 is 9.90 Å². The van der Waals surface area contributed by atoms with Crippen molar-refractivity contribution in [3.05, 3.63) is 48.5 Å². The van der Waals surface area contributed by atoms with Crippen molar-refractivity contribution in [2.75, 3.05) is 0 Å². The Labute approximate surface area is 92.4 Å². The highest BCUT2D eigenvalue weighted by atomic mass is 16.4. The van der Waals surface area contributed by atoms with Crippen LogP contribution in [-0.4, -0.2) is 25.8 Å². The van der Waals surface area contributed by atoms with Crippen LogP contribution in [0.1, 0.15) is 11.6 Å². The first kappa shape index (κ1) is 10.4. The Kier molecular flexibility index (Phi) is 2.95. The van der Waals surface area contributed by atoms with Crippen molar-refractivity contribution >= 4 is 5.97 Å². The molecule has 0 fully saturated rings. The third-order valence-corrected chi connectivity index (χ3v) is 2.31. The molecule has 1 aromatic carbocycles. The first-order valence-electron chi connectivity index (χ1n) is 4.88. The molecule has 0 spiro atoms. The van der Waals surface area contributed by atoms with Gasteiger partial charge in [0.25, 0.3) is 0 Å². The average molecular weight is 217 g/mol. The summed E-state index contributed by atoms with van der Waals surface area (Å²) < 4.78 is 1.36. The Balaban J connectivity index is 2.19. The number of carboxylic acid groups (broad SMARTS) is 1. The van der Waals surface area contributed by atoms with Gasteiger partial charge in [-0.1, -0.05) is 30.3 Å². The topological polar surface area (TPSA) is 68.0 Å². The van der Waals surface area contributed by atoms with E-state index < -0.39 is 12.0 Å². The molecular formula is C11H11N3O2. The van der Waals surface area contributed by atoms with Gasteiger partial charge < -0.3 is 5.11 Å². The predicted octanol–water partition coefficient (Wildman–Crippen LogP) is 1.15. The van der Waals surface area contributed by atoms with Crippen LogP contribution in [0.3, 0.4) is 0 Å². The highest BCUT2D eigenvalue weighted by molar-refractivity contribution is 5.72. The summed E-state index contributed by atoms with van der Waals surface area (Å²) in [7, 11) is 0. The fraction of sp³-hybridized carbons (Fsp3) is 0.182. The first-order valence-corrected chi connectivity index (χ1v) is 4.88. The number of carboxylic acids is 1.